The summed E-state index contributed by atoms with van der Waals surface area (Å²) in [7, 11) is 0. The van der Waals surface area contributed by atoms with Gasteiger partial charge in [-0.05, 0) is 29.2 Å². The zero-order valence-corrected chi connectivity index (χ0v) is 10.3. The van der Waals surface area contributed by atoms with Gasteiger partial charge in [0.25, 0.3) is 0 Å². The van der Waals surface area contributed by atoms with Gasteiger partial charge < -0.3 is 11.5 Å². The Balaban J connectivity index is 2.49. The van der Waals surface area contributed by atoms with E-state index < -0.39 is 0 Å². The first-order valence-corrected chi connectivity index (χ1v) is 5.83. The quantitative estimate of drug-likeness (QED) is 0.768. The van der Waals surface area contributed by atoms with Crippen LogP contribution in [-0.4, -0.2) is 0 Å². The molecular weight excluding hydrogens is 208 g/mol. The standard InChI is InChI=1S/C15H18N2/c1-10(2)11-4-3-5-12(8-11)14-7-6-13(16)9-15(14)17/h3-10H,16-17H2,1-2H3. The maximum Gasteiger partial charge on any atom is 0.0414 e. The fourth-order valence-electron chi connectivity index (χ4n) is 1.91. The van der Waals surface area contributed by atoms with Crippen LogP contribution in [0.15, 0.2) is 42.5 Å². The highest BCUT2D eigenvalue weighted by molar-refractivity contribution is 5.79. The number of anilines is 2. The van der Waals surface area contributed by atoms with Crippen LogP contribution in [0.5, 0.6) is 0 Å². The molecule has 0 atom stereocenters. The summed E-state index contributed by atoms with van der Waals surface area (Å²) in [5.74, 6) is 0.518. The molecule has 0 amide bonds. The van der Waals surface area contributed by atoms with Crippen molar-refractivity contribution in [3.05, 3.63) is 48.0 Å². The lowest BCUT2D eigenvalue weighted by molar-refractivity contribution is 0.867. The first kappa shape index (κ1) is 11.5. The number of benzene rings is 2. The lowest BCUT2D eigenvalue weighted by atomic mass is 9.96. The normalized spacial score (nSPS) is 10.8. The van der Waals surface area contributed by atoms with E-state index in [-0.39, 0.29) is 0 Å². The first-order valence-electron chi connectivity index (χ1n) is 5.83. The van der Waals surface area contributed by atoms with Gasteiger partial charge in [-0.25, -0.2) is 0 Å². The molecule has 4 N–H and O–H groups in total. The topological polar surface area (TPSA) is 52.0 Å². The van der Waals surface area contributed by atoms with Gasteiger partial charge >= 0.3 is 0 Å². The molecule has 2 nitrogen and oxygen atoms in total. The summed E-state index contributed by atoms with van der Waals surface area (Å²) >= 11 is 0. The van der Waals surface area contributed by atoms with Gasteiger partial charge in [0.15, 0.2) is 0 Å². The van der Waals surface area contributed by atoms with Crippen LogP contribution in [0.3, 0.4) is 0 Å². The molecule has 2 aromatic rings. The monoisotopic (exact) mass is 226 g/mol. The molecule has 0 aliphatic heterocycles. The summed E-state index contributed by atoms with van der Waals surface area (Å²) < 4.78 is 0. The van der Waals surface area contributed by atoms with Crippen molar-refractivity contribution in [1.29, 1.82) is 0 Å². The fraction of sp³-hybridized carbons (Fsp3) is 0.200. The minimum absolute atomic E-state index is 0.518. The average molecular weight is 226 g/mol. The highest BCUT2D eigenvalue weighted by Gasteiger charge is 2.05. The Kier molecular flexibility index (Phi) is 3.05. The molecule has 2 aromatic carbocycles. The fourth-order valence-corrected chi connectivity index (χ4v) is 1.91. The molecule has 2 heteroatoms. The van der Waals surface area contributed by atoms with E-state index in [4.69, 9.17) is 11.5 Å². The van der Waals surface area contributed by atoms with Gasteiger partial charge in [-0.15, -0.1) is 0 Å². The lowest BCUT2D eigenvalue weighted by Gasteiger charge is -2.10. The Hall–Kier alpha value is -1.96. The van der Waals surface area contributed by atoms with Gasteiger partial charge in [0, 0.05) is 16.9 Å². The molecule has 0 aromatic heterocycles. The maximum atomic E-state index is 6.00. The Labute approximate surface area is 102 Å². The third-order valence-corrected chi connectivity index (χ3v) is 2.94. The first-order chi connectivity index (χ1) is 8.08. The van der Waals surface area contributed by atoms with Crippen LogP contribution in [0.25, 0.3) is 11.1 Å². The highest BCUT2D eigenvalue weighted by atomic mass is 14.6. The third kappa shape index (κ3) is 2.41. The number of hydrogen-bond acceptors (Lipinski definition) is 2. The second kappa shape index (κ2) is 4.50. The summed E-state index contributed by atoms with van der Waals surface area (Å²) in [5, 5.41) is 0. The van der Waals surface area contributed by atoms with E-state index in [1.807, 2.05) is 12.1 Å². The van der Waals surface area contributed by atoms with Crippen LogP contribution in [-0.2, 0) is 0 Å². The van der Waals surface area contributed by atoms with E-state index in [0.29, 0.717) is 11.6 Å². The van der Waals surface area contributed by atoms with E-state index in [0.717, 1.165) is 16.8 Å². The van der Waals surface area contributed by atoms with Crippen molar-refractivity contribution in [2.45, 2.75) is 19.8 Å². The second-order valence-electron chi connectivity index (χ2n) is 4.63. The van der Waals surface area contributed by atoms with E-state index in [1.165, 1.54) is 5.56 Å². The van der Waals surface area contributed by atoms with Crippen LogP contribution in [0, 0.1) is 0 Å². The molecule has 17 heavy (non-hydrogen) atoms. The van der Waals surface area contributed by atoms with Gasteiger partial charge in [-0.1, -0.05) is 44.2 Å². The molecule has 0 unspecified atom stereocenters. The van der Waals surface area contributed by atoms with Crippen molar-refractivity contribution in [2.24, 2.45) is 0 Å². The van der Waals surface area contributed by atoms with Crippen molar-refractivity contribution < 1.29 is 0 Å². The number of rotatable bonds is 2. The van der Waals surface area contributed by atoms with E-state index in [2.05, 4.69) is 38.1 Å². The van der Waals surface area contributed by atoms with Gasteiger partial charge in [0.1, 0.15) is 0 Å². The van der Waals surface area contributed by atoms with Crippen LogP contribution in [0.4, 0.5) is 11.4 Å². The molecular formula is C15H18N2. The predicted octanol–water partition coefficient (Wildman–Crippen LogP) is 3.64. The van der Waals surface area contributed by atoms with Crippen LogP contribution in [0.2, 0.25) is 0 Å². The molecule has 0 bridgehead atoms. The Morgan fingerprint density at radius 2 is 1.71 bits per heavy atom. The molecule has 0 radical (unpaired) electrons. The Bertz CT molecular complexity index is 530. The van der Waals surface area contributed by atoms with Gasteiger partial charge in [0.05, 0.1) is 0 Å². The van der Waals surface area contributed by atoms with E-state index in [1.54, 1.807) is 6.07 Å². The highest BCUT2D eigenvalue weighted by Crippen LogP contribution is 2.29. The number of nitrogen functional groups attached to an aromatic ring is 2. The zero-order chi connectivity index (χ0) is 12.4. The van der Waals surface area contributed by atoms with Crippen molar-refractivity contribution in [1.82, 2.24) is 0 Å². The Morgan fingerprint density at radius 1 is 0.941 bits per heavy atom. The zero-order valence-electron chi connectivity index (χ0n) is 10.3. The van der Waals surface area contributed by atoms with E-state index in [9.17, 15) is 0 Å². The van der Waals surface area contributed by atoms with Gasteiger partial charge in [-0.2, -0.15) is 0 Å². The van der Waals surface area contributed by atoms with Gasteiger partial charge in [0.2, 0.25) is 0 Å². The summed E-state index contributed by atoms with van der Waals surface area (Å²) in [5.41, 5.74) is 16.6. The molecule has 0 saturated carbocycles. The number of nitrogens with two attached hydrogens (primary N) is 2. The van der Waals surface area contributed by atoms with Crippen LogP contribution < -0.4 is 11.5 Å². The second-order valence-corrected chi connectivity index (χ2v) is 4.63. The van der Waals surface area contributed by atoms with Crippen molar-refractivity contribution in [3.63, 3.8) is 0 Å². The molecule has 0 aliphatic carbocycles. The molecule has 0 heterocycles. The average Bonchev–Trinajstić information content (AvgIpc) is 2.29. The summed E-state index contributed by atoms with van der Waals surface area (Å²) in [6, 6.07) is 14.1. The number of hydrogen-bond donors (Lipinski definition) is 2. The summed E-state index contributed by atoms with van der Waals surface area (Å²) in [6.45, 7) is 4.37. The largest absolute Gasteiger partial charge is 0.399 e. The van der Waals surface area contributed by atoms with Crippen molar-refractivity contribution in [3.8, 4) is 11.1 Å². The lowest BCUT2D eigenvalue weighted by Crippen LogP contribution is -1.94. The maximum absolute atomic E-state index is 6.00. The summed E-state index contributed by atoms with van der Waals surface area (Å²) in [4.78, 5) is 0. The minimum Gasteiger partial charge on any atom is -0.399 e. The molecule has 2 rings (SSSR count). The van der Waals surface area contributed by atoms with Crippen molar-refractivity contribution in [2.75, 3.05) is 11.5 Å². The minimum atomic E-state index is 0.518. The summed E-state index contributed by atoms with van der Waals surface area (Å²) in [6.07, 6.45) is 0. The molecule has 0 saturated heterocycles. The smallest absolute Gasteiger partial charge is 0.0414 e. The van der Waals surface area contributed by atoms with Crippen molar-refractivity contribution >= 4 is 11.4 Å². The Morgan fingerprint density at radius 3 is 2.35 bits per heavy atom. The van der Waals surface area contributed by atoms with Gasteiger partial charge in [-0.3, -0.25) is 0 Å². The predicted molar refractivity (Wildman–Crippen MR) is 74.8 cm³/mol. The molecule has 88 valence electrons. The van der Waals surface area contributed by atoms with Crippen LogP contribution >= 0.6 is 0 Å². The third-order valence-electron chi connectivity index (χ3n) is 2.94. The van der Waals surface area contributed by atoms with E-state index >= 15 is 0 Å². The molecule has 0 aliphatic rings. The molecule has 0 spiro atoms. The molecule has 0 fully saturated rings. The van der Waals surface area contributed by atoms with Crippen LogP contribution in [0.1, 0.15) is 25.3 Å². The SMILES string of the molecule is CC(C)c1cccc(-c2ccc(N)cc2N)c1.